The van der Waals surface area contributed by atoms with Crippen LogP contribution in [0.5, 0.6) is 0 Å². The fourth-order valence-corrected chi connectivity index (χ4v) is 4.90. The van der Waals surface area contributed by atoms with Crippen LogP contribution in [0.2, 0.25) is 0 Å². The summed E-state index contributed by atoms with van der Waals surface area (Å²) in [6, 6.07) is 12.4. The average molecular weight is 503 g/mol. The second kappa shape index (κ2) is 11.9. The summed E-state index contributed by atoms with van der Waals surface area (Å²) in [6.45, 7) is 3.62. The maximum atomic E-state index is 12.9. The number of rotatable bonds is 13. The van der Waals surface area contributed by atoms with Gasteiger partial charge in [-0.25, -0.2) is 17.8 Å². The van der Waals surface area contributed by atoms with Crippen LogP contribution in [0.15, 0.2) is 64.1 Å². The van der Waals surface area contributed by atoms with Gasteiger partial charge in [0.1, 0.15) is 5.58 Å². The summed E-state index contributed by atoms with van der Waals surface area (Å²) in [6.07, 6.45) is 5.90. The molecule has 2 aromatic heterocycles. The molecule has 1 unspecified atom stereocenters. The van der Waals surface area contributed by atoms with Crippen molar-refractivity contribution < 1.29 is 31.9 Å². The van der Waals surface area contributed by atoms with Crippen LogP contribution < -0.4 is 15.1 Å². The Hall–Kier alpha value is -3.24. The van der Waals surface area contributed by atoms with E-state index in [0.29, 0.717) is 17.4 Å². The molecule has 10 heteroatoms. The zero-order valence-electron chi connectivity index (χ0n) is 19.6. The number of nitrogens with zero attached hydrogens (tertiary/aromatic N) is 2. The molecule has 0 aliphatic rings. The Morgan fingerprint density at radius 1 is 1.14 bits per heavy atom. The van der Waals surface area contributed by atoms with Crippen LogP contribution in [0.25, 0.3) is 11.0 Å². The molecule has 3 rings (SSSR count). The molecule has 0 aliphatic heterocycles. The molecule has 1 aromatic carbocycles. The van der Waals surface area contributed by atoms with Gasteiger partial charge in [0.2, 0.25) is 0 Å². The van der Waals surface area contributed by atoms with Gasteiger partial charge in [0.05, 0.1) is 21.8 Å². The Bertz CT molecular complexity index is 1310. The van der Waals surface area contributed by atoms with E-state index in [4.69, 9.17) is 9.52 Å². The van der Waals surface area contributed by atoms with Crippen molar-refractivity contribution >= 4 is 32.7 Å². The number of hydrogen-bond acceptors (Lipinski definition) is 7. The molecular weight excluding hydrogens is 472 g/mol. The number of aromatic nitrogens is 1. The van der Waals surface area contributed by atoms with Crippen molar-refractivity contribution in [3.05, 3.63) is 70.8 Å². The lowest BCUT2D eigenvalue weighted by Crippen LogP contribution is -2.39. The highest BCUT2D eigenvalue weighted by Crippen LogP contribution is 2.25. The van der Waals surface area contributed by atoms with Gasteiger partial charge in [-0.05, 0) is 38.0 Å². The van der Waals surface area contributed by atoms with Crippen LogP contribution in [0.4, 0.5) is 5.69 Å². The first kappa shape index (κ1) is 26.4. The van der Waals surface area contributed by atoms with Crippen molar-refractivity contribution in [2.24, 2.45) is 0 Å². The molecule has 1 atom stereocenters. The Morgan fingerprint density at radius 2 is 1.89 bits per heavy atom. The zero-order chi connectivity index (χ0) is 25.4. The first-order valence-electron chi connectivity index (χ1n) is 11.6. The summed E-state index contributed by atoms with van der Waals surface area (Å²) in [7, 11) is -4.58. The molecule has 3 aromatic rings. The van der Waals surface area contributed by atoms with Crippen molar-refractivity contribution in [2.45, 2.75) is 45.1 Å². The SMILES string of the molecule is CCN(CCCCCC(=O)O)c1ccc2cc(C(C[n+]3ccccc3)CS(=O)(=O)[O-])c(=O)oc2c1. The molecule has 1 N–H and O–H groups in total. The van der Waals surface area contributed by atoms with Gasteiger partial charge in [0.15, 0.2) is 18.9 Å². The molecule has 0 spiro atoms. The highest BCUT2D eigenvalue weighted by Gasteiger charge is 2.24. The molecule has 0 amide bonds. The number of carbonyl (C=O) groups is 1. The summed E-state index contributed by atoms with van der Waals surface area (Å²) >= 11 is 0. The van der Waals surface area contributed by atoms with Crippen LogP contribution in [0, 0.1) is 0 Å². The molecule has 0 bridgehead atoms. The van der Waals surface area contributed by atoms with Gasteiger partial charge in [-0.1, -0.05) is 12.5 Å². The van der Waals surface area contributed by atoms with E-state index in [2.05, 4.69) is 4.90 Å². The number of fused-ring (bicyclic) bond motifs is 1. The molecule has 0 radical (unpaired) electrons. The topological polar surface area (TPSA) is 132 Å². The minimum absolute atomic E-state index is 0.141. The number of hydrogen-bond donors (Lipinski definition) is 1. The van der Waals surface area contributed by atoms with E-state index >= 15 is 0 Å². The number of carboxylic acid groups (broad SMARTS) is 1. The molecule has 0 fully saturated rings. The zero-order valence-corrected chi connectivity index (χ0v) is 20.4. The van der Waals surface area contributed by atoms with Crippen molar-refractivity contribution in [1.82, 2.24) is 0 Å². The normalized spacial score (nSPS) is 12.5. The molecule has 0 saturated carbocycles. The minimum Gasteiger partial charge on any atom is -0.748 e. The van der Waals surface area contributed by atoms with E-state index < -0.39 is 33.4 Å². The molecule has 0 aliphatic carbocycles. The van der Waals surface area contributed by atoms with Gasteiger partial charge in [-0.2, -0.15) is 0 Å². The molecular formula is C25H30N2O7S. The average Bonchev–Trinajstić information content (AvgIpc) is 2.80. The predicted octanol–water partition coefficient (Wildman–Crippen LogP) is 2.88. The smallest absolute Gasteiger partial charge is 0.340 e. The van der Waals surface area contributed by atoms with E-state index in [0.717, 1.165) is 31.6 Å². The van der Waals surface area contributed by atoms with Gasteiger partial charge in [-0.3, -0.25) is 4.79 Å². The van der Waals surface area contributed by atoms with Crippen molar-refractivity contribution in [3.8, 4) is 0 Å². The maximum Gasteiger partial charge on any atom is 0.340 e. The summed E-state index contributed by atoms with van der Waals surface area (Å²) in [5.41, 5.74) is 0.715. The Labute approximate surface area is 204 Å². The number of aliphatic carboxylic acids is 1. The Balaban J connectivity index is 1.84. The molecule has 188 valence electrons. The number of benzene rings is 1. The van der Waals surface area contributed by atoms with Crippen LogP contribution in [0.3, 0.4) is 0 Å². The van der Waals surface area contributed by atoms with E-state index in [-0.39, 0.29) is 18.5 Å². The number of carboxylic acids is 1. The van der Waals surface area contributed by atoms with Crippen molar-refractivity contribution in [2.75, 3.05) is 23.7 Å². The predicted molar refractivity (Wildman–Crippen MR) is 130 cm³/mol. The first-order valence-corrected chi connectivity index (χ1v) is 13.2. The Kier molecular flexibility index (Phi) is 9.00. The van der Waals surface area contributed by atoms with Gasteiger partial charge < -0.3 is 19.0 Å². The third-order valence-electron chi connectivity index (χ3n) is 5.87. The lowest BCUT2D eigenvalue weighted by molar-refractivity contribution is -0.699. The second-order valence-electron chi connectivity index (χ2n) is 8.49. The van der Waals surface area contributed by atoms with Crippen LogP contribution in [-0.2, 0) is 21.5 Å². The molecule has 0 saturated heterocycles. The number of unbranched alkanes of at least 4 members (excludes halogenated alkanes) is 2. The maximum absolute atomic E-state index is 12.9. The van der Waals surface area contributed by atoms with Gasteiger partial charge >= 0.3 is 11.6 Å². The quantitative estimate of drug-likeness (QED) is 0.163. The molecule has 2 heterocycles. The van der Waals surface area contributed by atoms with Gasteiger partial charge in [-0.15, -0.1) is 0 Å². The standard InChI is InChI=1S/C25H30N2O7S/c1-2-27(14-8-3-5-9-24(28)29)21-11-10-19-15-22(25(30)34-23(19)16-21)20(18-35(31,32)33)17-26-12-6-4-7-13-26/h4,6-7,10-13,15-16,20H,2-3,5,8-9,14,17-18H2,1H3,(H-,28,29,31,32,33). The van der Waals surface area contributed by atoms with E-state index in [1.807, 2.05) is 25.1 Å². The summed E-state index contributed by atoms with van der Waals surface area (Å²) in [4.78, 5) is 25.6. The van der Waals surface area contributed by atoms with Crippen molar-refractivity contribution in [1.29, 1.82) is 0 Å². The Morgan fingerprint density at radius 3 is 2.54 bits per heavy atom. The van der Waals surface area contributed by atoms with E-state index in [9.17, 15) is 22.6 Å². The highest BCUT2D eigenvalue weighted by atomic mass is 32.2. The lowest BCUT2D eigenvalue weighted by Gasteiger charge is -2.23. The van der Waals surface area contributed by atoms with Gasteiger partial charge in [0.25, 0.3) is 0 Å². The number of anilines is 1. The summed E-state index contributed by atoms with van der Waals surface area (Å²) in [5, 5.41) is 9.39. The van der Waals surface area contributed by atoms with E-state index in [1.165, 1.54) is 0 Å². The fraction of sp³-hybridized carbons (Fsp3) is 0.400. The van der Waals surface area contributed by atoms with Gasteiger partial charge in [0, 0.05) is 54.3 Å². The van der Waals surface area contributed by atoms with Crippen LogP contribution >= 0.6 is 0 Å². The first-order chi connectivity index (χ1) is 16.7. The largest absolute Gasteiger partial charge is 0.748 e. The van der Waals surface area contributed by atoms with Crippen LogP contribution in [0.1, 0.15) is 44.1 Å². The fourth-order valence-electron chi connectivity index (χ4n) is 4.12. The second-order valence-corrected chi connectivity index (χ2v) is 9.94. The third kappa shape index (κ3) is 7.90. The van der Waals surface area contributed by atoms with Crippen LogP contribution in [-0.4, -0.2) is 42.9 Å². The minimum atomic E-state index is -4.58. The van der Waals surface area contributed by atoms with E-state index in [1.54, 1.807) is 41.2 Å². The molecule has 35 heavy (non-hydrogen) atoms. The highest BCUT2D eigenvalue weighted by molar-refractivity contribution is 7.85. The summed E-state index contributed by atoms with van der Waals surface area (Å²) in [5.74, 6) is -2.36. The monoisotopic (exact) mass is 502 g/mol. The van der Waals surface area contributed by atoms with Crippen molar-refractivity contribution in [3.63, 3.8) is 0 Å². The number of pyridine rings is 1. The summed E-state index contributed by atoms with van der Waals surface area (Å²) < 4.78 is 42.0. The third-order valence-corrected chi connectivity index (χ3v) is 6.68. The lowest BCUT2D eigenvalue weighted by atomic mass is 10.0. The molecule has 9 nitrogen and oxygen atoms in total.